The van der Waals surface area contributed by atoms with Gasteiger partial charge in [-0.05, 0) is 45.4 Å². The van der Waals surface area contributed by atoms with E-state index in [1.807, 2.05) is 30.8 Å². The highest BCUT2D eigenvalue weighted by molar-refractivity contribution is 5.62. The number of aryl methyl sites for hydroxylation is 1. The zero-order chi connectivity index (χ0) is 23.9. The fourth-order valence-electron chi connectivity index (χ4n) is 4.82. The molecular formula is C24H30FN7O2. The van der Waals surface area contributed by atoms with Crippen molar-refractivity contribution in [3.05, 3.63) is 36.7 Å². The van der Waals surface area contributed by atoms with Crippen LogP contribution in [0.1, 0.15) is 38.3 Å². The fraction of sp³-hybridized carbons (Fsp3) is 0.500. The van der Waals surface area contributed by atoms with Gasteiger partial charge in [0.05, 0.1) is 36.9 Å². The molecule has 0 spiro atoms. The second-order valence-electron chi connectivity index (χ2n) is 9.42. The first-order valence-corrected chi connectivity index (χ1v) is 11.6. The van der Waals surface area contributed by atoms with Crippen LogP contribution in [-0.4, -0.2) is 57.0 Å². The standard InChI is InChI=1S/C24H30FN7O2/c1-15-12-32(14-28-15)21-19(33-4)9-17(10-26-21)29-23-27-11-20-22(30-23)31(3)18(13-34-20)16-5-7-24(2,25)8-6-16/h9-12,14,16,18H,5-8,13H2,1-4H3,(H,27,29,30). The van der Waals surface area contributed by atoms with E-state index in [9.17, 15) is 4.39 Å². The van der Waals surface area contributed by atoms with Crippen molar-refractivity contribution >= 4 is 17.5 Å². The number of likely N-dealkylation sites (N-methyl/N-ethyl adjacent to an activating group) is 1. The van der Waals surface area contributed by atoms with E-state index in [1.54, 1.807) is 32.8 Å². The van der Waals surface area contributed by atoms with Crippen molar-refractivity contribution < 1.29 is 13.9 Å². The van der Waals surface area contributed by atoms with E-state index in [2.05, 4.69) is 25.2 Å². The Bertz CT molecular complexity index is 1170. The number of fused-ring (bicyclic) bond motifs is 1. The Morgan fingerprint density at radius 2 is 1.97 bits per heavy atom. The largest absolute Gasteiger partial charge is 0.493 e. The third kappa shape index (κ3) is 4.36. The van der Waals surface area contributed by atoms with Crippen LogP contribution in [0.4, 0.5) is 21.8 Å². The molecule has 0 radical (unpaired) electrons. The third-order valence-electron chi connectivity index (χ3n) is 6.86. The van der Waals surface area contributed by atoms with Gasteiger partial charge in [-0.15, -0.1) is 0 Å². The number of nitrogens with one attached hydrogen (secondary N) is 1. The van der Waals surface area contributed by atoms with Crippen LogP contribution in [0.2, 0.25) is 0 Å². The minimum atomic E-state index is -1.05. The summed E-state index contributed by atoms with van der Waals surface area (Å²) in [6.45, 7) is 4.19. The molecule has 0 amide bonds. The molecule has 3 aromatic rings. The van der Waals surface area contributed by atoms with Crippen molar-refractivity contribution in [1.82, 2.24) is 24.5 Å². The average Bonchev–Trinajstić information content (AvgIpc) is 3.26. The molecule has 1 fully saturated rings. The minimum Gasteiger partial charge on any atom is -0.493 e. The van der Waals surface area contributed by atoms with Crippen LogP contribution in [0.3, 0.4) is 0 Å². The van der Waals surface area contributed by atoms with Gasteiger partial charge in [0.15, 0.2) is 23.1 Å². The molecule has 0 saturated heterocycles. The number of imidazole rings is 1. The van der Waals surface area contributed by atoms with Gasteiger partial charge in [-0.25, -0.2) is 19.3 Å². The van der Waals surface area contributed by atoms with Crippen molar-refractivity contribution in [1.29, 1.82) is 0 Å². The second kappa shape index (κ2) is 8.73. The molecule has 3 aromatic heterocycles. The number of halogens is 1. The first-order chi connectivity index (χ1) is 16.3. The maximum absolute atomic E-state index is 14.3. The first kappa shape index (κ1) is 22.4. The van der Waals surface area contributed by atoms with Crippen LogP contribution in [0.15, 0.2) is 31.0 Å². The molecule has 0 bridgehead atoms. The summed E-state index contributed by atoms with van der Waals surface area (Å²) in [6.07, 6.45) is 9.86. The van der Waals surface area contributed by atoms with Crippen LogP contribution >= 0.6 is 0 Å². The molecule has 180 valence electrons. The topological polar surface area (TPSA) is 90.2 Å². The Balaban J connectivity index is 1.34. The summed E-state index contributed by atoms with van der Waals surface area (Å²) in [4.78, 5) is 20.1. The third-order valence-corrected chi connectivity index (χ3v) is 6.86. The maximum atomic E-state index is 14.3. The second-order valence-corrected chi connectivity index (χ2v) is 9.42. The Kier molecular flexibility index (Phi) is 5.75. The summed E-state index contributed by atoms with van der Waals surface area (Å²) in [7, 11) is 3.63. The summed E-state index contributed by atoms with van der Waals surface area (Å²) in [5.74, 6) is 3.43. The van der Waals surface area contributed by atoms with Gasteiger partial charge >= 0.3 is 0 Å². The molecule has 1 aliphatic heterocycles. The molecule has 5 rings (SSSR count). The van der Waals surface area contributed by atoms with Crippen molar-refractivity contribution in [3.8, 4) is 17.3 Å². The van der Waals surface area contributed by atoms with Crippen LogP contribution < -0.4 is 19.7 Å². The highest BCUT2D eigenvalue weighted by atomic mass is 19.1. The number of alkyl halides is 1. The molecular weight excluding hydrogens is 437 g/mol. The lowest BCUT2D eigenvalue weighted by Crippen LogP contribution is -2.48. The van der Waals surface area contributed by atoms with E-state index in [1.165, 1.54) is 0 Å². The first-order valence-electron chi connectivity index (χ1n) is 11.6. The quantitative estimate of drug-likeness (QED) is 0.596. The number of hydrogen-bond acceptors (Lipinski definition) is 8. The zero-order valence-electron chi connectivity index (χ0n) is 20.0. The number of aromatic nitrogens is 5. The summed E-state index contributed by atoms with van der Waals surface area (Å²) >= 11 is 0. The molecule has 9 nitrogen and oxygen atoms in total. The number of methoxy groups -OCH3 is 1. The molecule has 0 aromatic carbocycles. The number of pyridine rings is 1. The molecule has 4 heterocycles. The summed E-state index contributed by atoms with van der Waals surface area (Å²) in [6, 6.07) is 2.01. The Labute approximate surface area is 198 Å². The molecule has 1 N–H and O–H groups in total. The molecule has 10 heteroatoms. The predicted octanol–water partition coefficient (Wildman–Crippen LogP) is 4.23. The Morgan fingerprint density at radius 1 is 1.18 bits per heavy atom. The van der Waals surface area contributed by atoms with Crippen LogP contribution in [0.5, 0.6) is 11.5 Å². The van der Waals surface area contributed by atoms with Gasteiger partial charge in [0.2, 0.25) is 5.95 Å². The van der Waals surface area contributed by atoms with Crippen LogP contribution in [0, 0.1) is 12.8 Å². The van der Waals surface area contributed by atoms with Gasteiger partial charge in [-0.2, -0.15) is 4.98 Å². The molecule has 1 atom stereocenters. The van der Waals surface area contributed by atoms with E-state index >= 15 is 0 Å². The molecule has 34 heavy (non-hydrogen) atoms. The van der Waals surface area contributed by atoms with Gasteiger partial charge in [0.1, 0.15) is 18.6 Å². The van der Waals surface area contributed by atoms with E-state index < -0.39 is 5.67 Å². The van der Waals surface area contributed by atoms with Crippen LogP contribution in [0.25, 0.3) is 5.82 Å². The lowest BCUT2D eigenvalue weighted by atomic mass is 9.77. The minimum absolute atomic E-state index is 0.158. The summed E-state index contributed by atoms with van der Waals surface area (Å²) < 4.78 is 27.6. The van der Waals surface area contributed by atoms with E-state index in [4.69, 9.17) is 14.5 Å². The van der Waals surface area contributed by atoms with Crippen LogP contribution in [-0.2, 0) is 0 Å². The number of hydrogen-bond donors (Lipinski definition) is 1. The highest BCUT2D eigenvalue weighted by Crippen LogP contribution is 2.41. The number of anilines is 3. The van der Waals surface area contributed by atoms with Gasteiger partial charge in [0.25, 0.3) is 0 Å². The lowest BCUT2D eigenvalue weighted by Gasteiger charge is -2.42. The number of rotatable bonds is 5. The van der Waals surface area contributed by atoms with E-state index in [0.29, 0.717) is 54.3 Å². The van der Waals surface area contributed by atoms with Crippen molar-refractivity contribution in [2.75, 3.05) is 31.0 Å². The van der Waals surface area contributed by atoms with E-state index in [-0.39, 0.29) is 6.04 Å². The molecule has 1 unspecified atom stereocenters. The Hall–Kier alpha value is -3.43. The smallest absolute Gasteiger partial charge is 0.229 e. The van der Waals surface area contributed by atoms with Crippen molar-refractivity contribution in [2.24, 2.45) is 5.92 Å². The monoisotopic (exact) mass is 467 g/mol. The lowest BCUT2D eigenvalue weighted by molar-refractivity contribution is 0.0837. The van der Waals surface area contributed by atoms with Gasteiger partial charge in [-0.3, -0.25) is 4.57 Å². The number of nitrogens with zero attached hydrogens (tertiary/aromatic N) is 6. The summed E-state index contributed by atoms with van der Waals surface area (Å²) in [5, 5.41) is 3.22. The average molecular weight is 468 g/mol. The highest BCUT2D eigenvalue weighted by Gasteiger charge is 2.38. The maximum Gasteiger partial charge on any atom is 0.229 e. The van der Waals surface area contributed by atoms with Crippen molar-refractivity contribution in [3.63, 3.8) is 0 Å². The summed E-state index contributed by atoms with van der Waals surface area (Å²) in [5.41, 5.74) is 0.538. The SMILES string of the molecule is COc1cc(Nc2ncc3c(n2)N(C)C(C2CCC(C)(F)CC2)CO3)cnc1-n1cnc(C)c1. The molecule has 1 aliphatic carbocycles. The van der Waals surface area contributed by atoms with E-state index in [0.717, 1.165) is 24.4 Å². The zero-order valence-corrected chi connectivity index (χ0v) is 20.0. The normalized spacial score (nSPS) is 24.3. The molecule has 2 aliphatic rings. The fourth-order valence-corrected chi connectivity index (χ4v) is 4.82. The molecule has 1 saturated carbocycles. The van der Waals surface area contributed by atoms with Crippen molar-refractivity contribution in [2.45, 2.75) is 51.2 Å². The van der Waals surface area contributed by atoms with Gasteiger partial charge in [0, 0.05) is 19.3 Å². The predicted molar refractivity (Wildman–Crippen MR) is 127 cm³/mol. The van der Waals surface area contributed by atoms with Gasteiger partial charge in [-0.1, -0.05) is 0 Å². The Morgan fingerprint density at radius 3 is 2.68 bits per heavy atom. The van der Waals surface area contributed by atoms with Gasteiger partial charge < -0.3 is 19.7 Å². The number of ether oxygens (including phenoxy) is 2.